The number of nitrogens with two attached hydrogens (primary N) is 1. The minimum absolute atomic E-state index is 0.257. The third-order valence-corrected chi connectivity index (χ3v) is 5.38. The highest BCUT2D eigenvalue weighted by Crippen LogP contribution is 2.22. The summed E-state index contributed by atoms with van der Waals surface area (Å²) in [5, 5.41) is 0. The molecule has 27 heavy (non-hydrogen) atoms. The molecule has 144 valence electrons. The number of benzene rings is 1. The van der Waals surface area contributed by atoms with Gasteiger partial charge in [0.2, 0.25) is 5.91 Å². The van der Waals surface area contributed by atoms with Gasteiger partial charge in [0, 0.05) is 24.8 Å². The Morgan fingerprint density at radius 1 is 1.22 bits per heavy atom. The Labute approximate surface area is 162 Å². The smallest absolute Gasteiger partial charge is 0.410 e. The van der Waals surface area contributed by atoms with Gasteiger partial charge in [-0.15, -0.1) is 11.3 Å². The predicted molar refractivity (Wildman–Crippen MR) is 102 cm³/mol. The van der Waals surface area contributed by atoms with Gasteiger partial charge in [0.25, 0.3) is 0 Å². The van der Waals surface area contributed by atoms with Crippen molar-refractivity contribution >= 4 is 23.3 Å². The zero-order chi connectivity index (χ0) is 19.1. The fourth-order valence-electron chi connectivity index (χ4n) is 3.00. The van der Waals surface area contributed by atoms with E-state index in [4.69, 9.17) is 15.2 Å². The largest absolute Gasteiger partial charge is 0.494 e. The first-order valence-corrected chi connectivity index (χ1v) is 9.81. The van der Waals surface area contributed by atoms with Gasteiger partial charge >= 0.3 is 6.09 Å². The van der Waals surface area contributed by atoms with Crippen LogP contribution in [0.25, 0.3) is 0 Å². The van der Waals surface area contributed by atoms with E-state index in [1.165, 1.54) is 11.3 Å². The van der Waals surface area contributed by atoms with Crippen LogP contribution >= 0.6 is 11.3 Å². The number of amides is 2. The molecule has 1 aromatic heterocycles. The molecule has 0 spiro atoms. The number of rotatable bonds is 7. The number of ether oxygens (including phenoxy) is 2. The Balaban J connectivity index is 1.33. The lowest BCUT2D eigenvalue weighted by molar-refractivity contribution is 0.0806. The average Bonchev–Trinajstić information content (AvgIpc) is 3.21. The maximum atomic E-state index is 12.1. The molecule has 7 nitrogen and oxygen atoms in total. The molecule has 1 aliphatic rings. The number of likely N-dealkylation sites (tertiary alicyclic amines) is 1. The summed E-state index contributed by atoms with van der Waals surface area (Å²) in [4.78, 5) is 29.8. The topological polar surface area (TPSA) is 94.8 Å². The average molecular weight is 389 g/mol. The summed E-state index contributed by atoms with van der Waals surface area (Å²) in [7, 11) is 0. The van der Waals surface area contributed by atoms with Crippen LogP contribution < -0.4 is 10.5 Å². The Hall–Kier alpha value is -2.61. The molecule has 0 bridgehead atoms. The SMILES string of the molecule is NC(=O)c1ccc(OCCC2CCN(C(=O)OCc3cncs3)CC2)cc1. The molecule has 0 atom stereocenters. The molecule has 1 saturated heterocycles. The minimum atomic E-state index is -0.445. The molecular formula is C19H23N3O4S. The highest BCUT2D eigenvalue weighted by atomic mass is 32.1. The van der Waals surface area contributed by atoms with Gasteiger partial charge in [-0.05, 0) is 49.4 Å². The molecule has 0 unspecified atom stereocenters. The first-order valence-electron chi connectivity index (χ1n) is 8.93. The second-order valence-corrected chi connectivity index (χ2v) is 7.45. The second-order valence-electron chi connectivity index (χ2n) is 6.48. The molecule has 2 heterocycles. The van der Waals surface area contributed by atoms with Crippen LogP contribution in [0.2, 0.25) is 0 Å². The van der Waals surface area contributed by atoms with E-state index in [2.05, 4.69) is 4.98 Å². The van der Waals surface area contributed by atoms with Crippen molar-refractivity contribution in [1.29, 1.82) is 0 Å². The van der Waals surface area contributed by atoms with Crippen LogP contribution in [-0.2, 0) is 11.3 Å². The number of carbonyl (C=O) groups is 2. The normalized spacial score (nSPS) is 14.7. The number of piperidine rings is 1. The summed E-state index contributed by atoms with van der Waals surface area (Å²) in [6.45, 7) is 2.31. The van der Waals surface area contributed by atoms with Crippen molar-refractivity contribution in [3.63, 3.8) is 0 Å². The molecule has 3 rings (SSSR count). The van der Waals surface area contributed by atoms with E-state index >= 15 is 0 Å². The molecule has 8 heteroatoms. The minimum Gasteiger partial charge on any atom is -0.494 e. The van der Waals surface area contributed by atoms with Crippen LogP contribution in [0.1, 0.15) is 34.5 Å². The van der Waals surface area contributed by atoms with Crippen LogP contribution in [-0.4, -0.2) is 41.6 Å². The second kappa shape index (κ2) is 9.36. The van der Waals surface area contributed by atoms with Crippen LogP contribution in [0.15, 0.2) is 36.0 Å². The number of hydrogen-bond donors (Lipinski definition) is 1. The molecule has 2 amide bonds. The summed E-state index contributed by atoms with van der Waals surface area (Å²) in [5.74, 6) is 0.809. The van der Waals surface area contributed by atoms with Gasteiger partial charge in [-0.2, -0.15) is 0 Å². The lowest BCUT2D eigenvalue weighted by Gasteiger charge is -2.31. The zero-order valence-electron chi connectivity index (χ0n) is 15.0. The van der Waals surface area contributed by atoms with Crippen molar-refractivity contribution in [3.05, 3.63) is 46.4 Å². The van der Waals surface area contributed by atoms with Crippen molar-refractivity contribution in [1.82, 2.24) is 9.88 Å². The molecule has 2 aromatic rings. The third-order valence-electron chi connectivity index (χ3n) is 4.63. The van der Waals surface area contributed by atoms with Gasteiger partial charge in [-0.1, -0.05) is 0 Å². The fraction of sp³-hybridized carbons (Fsp3) is 0.421. The maximum Gasteiger partial charge on any atom is 0.410 e. The van der Waals surface area contributed by atoms with E-state index in [-0.39, 0.29) is 12.7 Å². The van der Waals surface area contributed by atoms with E-state index in [1.54, 1.807) is 40.9 Å². The monoisotopic (exact) mass is 389 g/mol. The van der Waals surface area contributed by atoms with Crippen molar-refractivity contribution in [3.8, 4) is 5.75 Å². The van der Waals surface area contributed by atoms with Crippen molar-refractivity contribution in [2.45, 2.75) is 25.9 Å². The number of carbonyl (C=O) groups excluding carboxylic acids is 2. The van der Waals surface area contributed by atoms with Crippen LogP contribution in [0.3, 0.4) is 0 Å². The van der Waals surface area contributed by atoms with Crippen LogP contribution in [0.5, 0.6) is 5.75 Å². The quantitative estimate of drug-likeness (QED) is 0.785. The first-order chi connectivity index (χ1) is 13.1. The molecule has 0 saturated carbocycles. The van der Waals surface area contributed by atoms with E-state index in [9.17, 15) is 9.59 Å². The number of thiazole rings is 1. The summed E-state index contributed by atoms with van der Waals surface area (Å²) in [6.07, 6.45) is 4.28. The van der Waals surface area contributed by atoms with E-state index in [0.717, 1.165) is 29.9 Å². The Morgan fingerprint density at radius 2 is 1.96 bits per heavy atom. The Bertz CT molecular complexity index is 741. The highest BCUT2D eigenvalue weighted by molar-refractivity contribution is 7.09. The standard InChI is InChI=1S/C19H23N3O4S/c20-18(23)15-1-3-16(4-2-15)25-10-7-14-5-8-22(9-6-14)19(24)26-12-17-11-21-13-27-17/h1-4,11,13-14H,5-10,12H2,(H2,20,23). The number of aromatic nitrogens is 1. The van der Waals surface area contributed by atoms with Crippen molar-refractivity contribution in [2.24, 2.45) is 11.7 Å². The van der Waals surface area contributed by atoms with Gasteiger partial charge in [-0.25, -0.2) is 4.79 Å². The van der Waals surface area contributed by atoms with E-state index < -0.39 is 5.91 Å². The molecule has 1 fully saturated rings. The molecule has 1 aromatic carbocycles. The van der Waals surface area contributed by atoms with Crippen LogP contribution in [0.4, 0.5) is 4.79 Å². The van der Waals surface area contributed by atoms with Crippen LogP contribution in [0, 0.1) is 5.92 Å². The molecule has 0 aliphatic carbocycles. The summed E-state index contributed by atoms with van der Waals surface area (Å²) in [5.41, 5.74) is 7.41. The molecule has 0 radical (unpaired) electrons. The number of primary amides is 1. The highest BCUT2D eigenvalue weighted by Gasteiger charge is 2.23. The zero-order valence-corrected chi connectivity index (χ0v) is 15.8. The molecule has 1 aliphatic heterocycles. The molecular weight excluding hydrogens is 366 g/mol. The summed E-state index contributed by atoms with van der Waals surface area (Å²) < 4.78 is 11.1. The molecule has 2 N–H and O–H groups in total. The van der Waals surface area contributed by atoms with Gasteiger partial charge < -0.3 is 20.1 Å². The summed E-state index contributed by atoms with van der Waals surface area (Å²) in [6, 6.07) is 6.83. The number of hydrogen-bond acceptors (Lipinski definition) is 6. The van der Waals surface area contributed by atoms with Crippen molar-refractivity contribution in [2.75, 3.05) is 19.7 Å². The fourth-order valence-corrected chi connectivity index (χ4v) is 3.51. The first kappa shape index (κ1) is 19.2. The van der Waals surface area contributed by atoms with Gasteiger partial charge in [-0.3, -0.25) is 9.78 Å². The van der Waals surface area contributed by atoms with Crippen molar-refractivity contribution < 1.29 is 19.1 Å². The Morgan fingerprint density at radius 3 is 2.59 bits per heavy atom. The lowest BCUT2D eigenvalue weighted by atomic mass is 9.94. The third kappa shape index (κ3) is 5.68. The van der Waals surface area contributed by atoms with Gasteiger partial charge in [0.15, 0.2) is 0 Å². The maximum absolute atomic E-state index is 12.1. The summed E-state index contributed by atoms with van der Waals surface area (Å²) >= 11 is 1.48. The lowest BCUT2D eigenvalue weighted by Crippen LogP contribution is -2.39. The van der Waals surface area contributed by atoms with Gasteiger partial charge in [0.05, 0.1) is 17.0 Å². The van der Waals surface area contributed by atoms with Gasteiger partial charge in [0.1, 0.15) is 12.4 Å². The van der Waals surface area contributed by atoms with E-state index in [0.29, 0.717) is 31.2 Å². The Kier molecular flexibility index (Phi) is 6.64. The van der Waals surface area contributed by atoms with E-state index in [1.807, 2.05) is 0 Å². The predicted octanol–water partition coefficient (Wildman–Crippen LogP) is 3.06. The number of nitrogens with zero attached hydrogens (tertiary/aromatic N) is 2.